The summed E-state index contributed by atoms with van der Waals surface area (Å²) in [6.07, 6.45) is 3.96. The van der Waals surface area contributed by atoms with Crippen molar-refractivity contribution in [2.24, 2.45) is 0 Å². The number of hydrogen-bond donors (Lipinski definition) is 3. The summed E-state index contributed by atoms with van der Waals surface area (Å²) < 4.78 is 0. The molecule has 0 spiro atoms. The highest BCUT2D eigenvalue weighted by atomic mass is 14.9. The highest BCUT2D eigenvalue weighted by Gasteiger charge is 1.92. The van der Waals surface area contributed by atoms with Crippen LogP contribution in [0.3, 0.4) is 0 Å². The molecule has 0 aliphatic rings. The third-order valence-corrected chi connectivity index (χ3v) is 2.40. The number of aromatic amines is 1. The molecule has 0 saturated carbocycles. The van der Waals surface area contributed by atoms with Crippen molar-refractivity contribution in [1.29, 1.82) is 0 Å². The van der Waals surface area contributed by atoms with Crippen molar-refractivity contribution >= 4 is 5.69 Å². The van der Waals surface area contributed by atoms with Gasteiger partial charge < -0.3 is 15.6 Å². The van der Waals surface area contributed by atoms with Crippen molar-refractivity contribution in [2.75, 3.05) is 18.4 Å². The van der Waals surface area contributed by atoms with Gasteiger partial charge in [-0.25, -0.2) is 0 Å². The Morgan fingerprint density at radius 3 is 2.62 bits per heavy atom. The summed E-state index contributed by atoms with van der Waals surface area (Å²) in [5.74, 6) is 0. The second-order valence-corrected chi connectivity index (χ2v) is 3.69. The maximum atomic E-state index is 3.38. The lowest BCUT2D eigenvalue weighted by molar-refractivity contribution is 0.707. The van der Waals surface area contributed by atoms with Gasteiger partial charge in [0.1, 0.15) is 0 Å². The van der Waals surface area contributed by atoms with E-state index in [0.29, 0.717) is 0 Å². The van der Waals surface area contributed by atoms with Crippen molar-refractivity contribution in [3.05, 3.63) is 54.4 Å². The Kier molecular flexibility index (Phi) is 4.02. The molecule has 0 bridgehead atoms. The van der Waals surface area contributed by atoms with Crippen LogP contribution in [0.25, 0.3) is 0 Å². The highest BCUT2D eigenvalue weighted by Crippen LogP contribution is 2.03. The number of anilines is 1. The van der Waals surface area contributed by atoms with E-state index in [1.165, 1.54) is 11.3 Å². The van der Waals surface area contributed by atoms with Crippen molar-refractivity contribution in [2.45, 2.75) is 6.54 Å². The van der Waals surface area contributed by atoms with Crippen LogP contribution in [0, 0.1) is 0 Å². The molecule has 0 fully saturated rings. The van der Waals surface area contributed by atoms with Gasteiger partial charge in [-0.1, -0.05) is 18.2 Å². The van der Waals surface area contributed by atoms with Gasteiger partial charge in [-0.2, -0.15) is 0 Å². The first-order chi connectivity index (χ1) is 7.95. The Morgan fingerprint density at radius 2 is 1.88 bits per heavy atom. The Bertz CT molecular complexity index is 381. The van der Waals surface area contributed by atoms with Gasteiger partial charge in [0.15, 0.2) is 0 Å². The lowest BCUT2D eigenvalue weighted by atomic mass is 10.3. The van der Waals surface area contributed by atoms with Crippen molar-refractivity contribution in [1.82, 2.24) is 10.3 Å². The van der Waals surface area contributed by atoms with E-state index < -0.39 is 0 Å². The maximum Gasteiger partial charge on any atom is 0.0340 e. The molecule has 0 saturated heterocycles. The zero-order valence-corrected chi connectivity index (χ0v) is 9.24. The van der Waals surface area contributed by atoms with Crippen molar-refractivity contribution < 1.29 is 0 Å². The normalized spacial score (nSPS) is 10.2. The minimum Gasteiger partial charge on any atom is -0.384 e. The molecule has 1 heterocycles. The predicted octanol–water partition coefficient (Wildman–Crippen LogP) is 2.22. The number of para-hydroxylation sites is 1. The quantitative estimate of drug-likeness (QED) is 0.647. The minimum atomic E-state index is 0.917. The molecule has 0 atom stereocenters. The fraction of sp³-hybridized carbons (Fsp3) is 0.231. The number of hydrogen-bond acceptors (Lipinski definition) is 2. The number of aromatic nitrogens is 1. The second-order valence-electron chi connectivity index (χ2n) is 3.69. The number of benzene rings is 1. The lowest BCUT2D eigenvalue weighted by Crippen LogP contribution is -2.21. The third kappa shape index (κ3) is 3.44. The van der Waals surface area contributed by atoms with Crippen molar-refractivity contribution in [3.63, 3.8) is 0 Å². The molecule has 0 radical (unpaired) electrons. The molecule has 0 unspecified atom stereocenters. The monoisotopic (exact) mass is 215 g/mol. The van der Waals surface area contributed by atoms with Crippen molar-refractivity contribution in [3.8, 4) is 0 Å². The first kappa shape index (κ1) is 10.8. The topological polar surface area (TPSA) is 39.8 Å². The average molecular weight is 215 g/mol. The second kappa shape index (κ2) is 5.98. The van der Waals surface area contributed by atoms with Crippen LogP contribution in [0.15, 0.2) is 48.8 Å². The van der Waals surface area contributed by atoms with Crippen LogP contribution in [-0.2, 0) is 6.54 Å². The zero-order chi connectivity index (χ0) is 11.1. The minimum absolute atomic E-state index is 0.917. The molecule has 84 valence electrons. The molecule has 1 aromatic heterocycles. The molecular weight excluding hydrogens is 198 g/mol. The van der Waals surface area contributed by atoms with Crippen LogP contribution in [0.5, 0.6) is 0 Å². The predicted molar refractivity (Wildman–Crippen MR) is 67.4 cm³/mol. The summed E-state index contributed by atoms with van der Waals surface area (Å²) >= 11 is 0. The summed E-state index contributed by atoms with van der Waals surface area (Å²) in [5, 5.41) is 6.73. The molecule has 3 N–H and O–H groups in total. The lowest BCUT2D eigenvalue weighted by Gasteiger charge is -2.06. The third-order valence-electron chi connectivity index (χ3n) is 2.40. The van der Waals surface area contributed by atoms with E-state index in [1.54, 1.807) is 0 Å². The Hall–Kier alpha value is -1.74. The molecule has 0 aliphatic heterocycles. The fourth-order valence-electron chi connectivity index (χ4n) is 1.55. The van der Waals surface area contributed by atoms with Gasteiger partial charge in [-0.15, -0.1) is 0 Å². The van der Waals surface area contributed by atoms with Crippen LogP contribution in [0.4, 0.5) is 5.69 Å². The number of nitrogens with one attached hydrogen (secondary N) is 3. The van der Waals surface area contributed by atoms with Gasteiger partial charge in [0.05, 0.1) is 0 Å². The van der Waals surface area contributed by atoms with Crippen LogP contribution in [0.2, 0.25) is 0 Å². The molecule has 3 nitrogen and oxygen atoms in total. The molecule has 2 rings (SSSR count). The van der Waals surface area contributed by atoms with Gasteiger partial charge in [-0.3, -0.25) is 0 Å². The first-order valence-corrected chi connectivity index (χ1v) is 5.56. The highest BCUT2D eigenvalue weighted by molar-refractivity contribution is 5.42. The molecule has 1 aromatic carbocycles. The molecule has 16 heavy (non-hydrogen) atoms. The zero-order valence-electron chi connectivity index (χ0n) is 9.24. The molecule has 0 aliphatic carbocycles. The molecule has 2 aromatic rings. The SMILES string of the molecule is c1ccc(NCCNCc2cc[nH]c2)cc1. The largest absolute Gasteiger partial charge is 0.384 e. The molecule has 3 heteroatoms. The van der Waals surface area contributed by atoms with E-state index in [1.807, 2.05) is 30.6 Å². The van der Waals surface area contributed by atoms with E-state index in [0.717, 1.165) is 19.6 Å². The summed E-state index contributed by atoms with van der Waals surface area (Å²) in [4.78, 5) is 3.04. The van der Waals surface area contributed by atoms with E-state index in [4.69, 9.17) is 0 Å². The molecular formula is C13H17N3. The van der Waals surface area contributed by atoms with Crippen LogP contribution in [-0.4, -0.2) is 18.1 Å². The maximum absolute atomic E-state index is 3.38. The fourth-order valence-corrected chi connectivity index (χ4v) is 1.55. The van der Waals surface area contributed by atoms with Crippen LogP contribution < -0.4 is 10.6 Å². The van der Waals surface area contributed by atoms with Crippen LogP contribution >= 0.6 is 0 Å². The van der Waals surface area contributed by atoms with Gasteiger partial charge in [0, 0.05) is 37.7 Å². The Morgan fingerprint density at radius 1 is 1.00 bits per heavy atom. The van der Waals surface area contributed by atoms with Gasteiger partial charge in [0.2, 0.25) is 0 Å². The van der Waals surface area contributed by atoms with Gasteiger partial charge >= 0.3 is 0 Å². The van der Waals surface area contributed by atoms with E-state index in [-0.39, 0.29) is 0 Å². The number of H-pyrrole nitrogens is 1. The Labute approximate surface area is 95.9 Å². The Balaban J connectivity index is 1.59. The number of rotatable bonds is 6. The van der Waals surface area contributed by atoms with E-state index in [2.05, 4.69) is 33.8 Å². The molecule has 0 amide bonds. The van der Waals surface area contributed by atoms with E-state index in [9.17, 15) is 0 Å². The summed E-state index contributed by atoms with van der Waals surface area (Å²) in [6.45, 7) is 2.81. The first-order valence-electron chi connectivity index (χ1n) is 5.56. The average Bonchev–Trinajstić information content (AvgIpc) is 2.83. The smallest absolute Gasteiger partial charge is 0.0340 e. The summed E-state index contributed by atoms with van der Waals surface area (Å²) in [5.41, 5.74) is 2.46. The van der Waals surface area contributed by atoms with Crippen LogP contribution in [0.1, 0.15) is 5.56 Å². The summed E-state index contributed by atoms with van der Waals surface area (Å²) in [6, 6.07) is 12.3. The van der Waals surface area contributed by atoms with E-state index >= 15 is 0 Å². The summed E-state index contributed by atoms with van der Waals surface area (Å²) in [7, 11) is 0. The van der Waals surface area contributed by atoms with Gasteiger partial charge in [0.25, 0.3) is 0 Å². The standard InChI is InChI=1S/C13H17N3/c1-2-4-13(5-3-1)16-9-8-15-11-12-6-7-14-10-12/h1-7,10,14-16H,8-9,11H2. The van der Waals surface area contributed by atoms with Gasteiger partial charge in [-0.05, 0) is 23.8 Å².